The summed E-state index contributed by atoms with van der Waals surface area (Å²) in [6, 6.07) is 1.93. The van der Waals surface area contributed by atoms with Gasteiger partial charge < -0.3 is 4.98 Å². The molecular weight excluding hydrogens is 138 g/mol. The number of aromatic nitrogens is 1. The van der Waals surface area contributed by atoms with Crippen molar-refractivity contribution in [1.29, 1.82) is 0 Å². The van der Waals surface area contributed by atoms with E-state index in [4.69, 9.17) is 0 Å². The summed E-state index contributed by atoms with van der Waals surface area (Å²) in [4.78, 5) is 11.1. The van der Waals surface area contributed by atoms with E-state index in [2.05, 4.69) is 15.0 Å². The second-order valence-electron chi connectivity index (χ2n) is 2.17. The molecule has 0 aromatic carbocycles. The SMILES string of the molecule is C1=N/C=C\c2[nH]ccc2N=C1. The number of rotatable bonds is 0. The first-order chi connectivity index (χ1) is 5.47. The third-order valence-corrected chi connectivity index (χ3v) is 1.45. The van der Waals surface area contributed by atoms with E-state index in [1.165, 1.54) is 0 Å². The minimum absolute atomic E-state index is 0.951. The quantitative estimate of drug-likeness (QED) is 0.578. The van der Waals surface area contributed by atoms with Crippen molar-refractivity contribution in [3.8, 4) is 0 Å². The molecule has 0 saturated carbocycles. The maximum Gasteiger partial charge on any atom is 0.0879 e. The fourth-order valence-electron chi connectivity index (χ4n) is 0.940. The van der Waals surface area contributed by atoms with Crippen LogP contribution in [-0.4, -0.2) is 17.4 Å². The molecule has 0 unspecified atom stereocenters. The second-order valence-corrected chi connectivity index (χ2v) is 2.17. The van der Waals surface area contributed by atoms with Gasteiger partial charge in [-0.1, -0.05) is 0 Å². The summed E-state index contributed by atoms with van der Waals surface area (Å²) in [7, 11) is 0. The smallest absolute Gasteiger partial charge is 0.0879 e. The van der Waals surface area contributed by atoms with Gasteiger partial charge in [-0.3, -0.25) is 9.98 Å². The van der Waals surface area contributed by atoms with Gasteiger partial charge >= 0.3 is 0 Å². The molecule has 2 rings (SSSR count). The summed E-state index contributed by atoms with van der Waals surface area (Å²) in [5.41, 5.74) is 1.95. The zero-order valence-corrected chi connectivity index (χ0v) is 5.86. The molecule has 11 heavy (non-hydrogen) atoms. The molecule has 0 radical (unpaired) electrons. The molecule has 1 aromatic heterocycles. The number of fused-ring (bicyclic) bond motifs is 1. The molecule has 0 fully saturated rings. The lowest BCUT2D eigenvalue weighted by Gasteiger charge is -1.91. The minimum atomic E-state index is 0.951. The summed E-state index contributed by atoms with van der Waals surface area (Å²) in [6.45, 7) is 0. The maximum atomic E-state index is 4.15. The highest BCUT2D eigenvalue weighted by atomic mass is 14.8. The normalized spacial score (nSPS) is 17.1. The van der Waals surface area contributed by atoms with Crippen molar-refractivity contribution in [3.63, 3.8) is 0 Å². The van der Waals surface area contributed by atoms with Crippen LogP contribution in [0.2, 0.25) is 0 Å². The molecule has 3 heteroatoms. The van der Waals surface area contributed by atoms with Crippen molar-refractivity contribution in [1.82, 2.24) is 4.98 Å². The summed E-state index contributed by atoms with van der Waals surface area (Å²) in [5, 5.41) is 0. The molecule has 1 N–H and O–H groups in total. The standard InChI is InChI=1S/C8H7N3/c1-3-9-5-6-11-8-2-4-10-7(1)8/h1-6,10H/b3-1-,6-5?,7-1?,9-3?,9-5?,11-6?,11-8?. The molecule has 54 valence electrons. The predicted molar refractivity (Wildman–Crippen MR) is 46.5 cm³/mol. The molecule has 1 aliphatic heterocycles. The molecule has 0 amide bonds. The zero-order chi connectivity index (χ0) is 7.52. The average molecular weight is 145 g/mol. The summed E-state index contributed by atoms with van der Waals surface area (Å²) in [6.07, 6.45) is 8.82. The van der Waals surface area contributed by atoms with Crippen LogP contribution >= 0.6 is 0 Å². The first kappa shape index (κ1) is 6.09. The van der Waals surface area contributed by atoms with Crippen molar-refractivity contribution < 1.29 is 0 Å². The van der Waals surface area contributed by atoms with Gasteiger partial charge in [0.25, 0.3) is 0 Å². The third kappa shape index (κ3) is 1.12. The monoisotopic (exact) mass is 145 g/mol. The van der Waals surface area contributed by atoms with E-state index >= 15 is 0 Å². The molecule has 0 bridgehead atoms. The van der Waals surface area contributed by atoms with Crippen LogP contribution in [0.1, 0.15) is 5.69 Å². The fourth-order valence-corrected chi connectivity index (χ4v) is 0.940. The number of nitrogens with one attached hydrogen (secondary N) is 1. The molecule has 3 nitrogen and oxygen atoms in total. The van der Waals surface area contributed by atoms with Crippen LogP contribution in [0.4, 0.5) is 5.69 Å². The summed E-state index contributed by atoms with van der Waals surface area (Å²) in [5.74, 6) is 0. The highest BCUT2D eigenvalue weighted by Gasteiger charge is 1.96. The van der Waals surface area contributed by atoms with Gasteiger partial charge in [0, 0.05) is 24.8 Å². The Morgan fingerprint density at radius 2 is 2.27 bits per heavy atom. The zero-order valence-electron chi connectivity index (χ0n) is 5.86. The maximum absolute atomic E-state index is 4.15. The van der Waals surface area contributed by atoms with Gasteiger partial charge in [0.2, 0.25) is 0 Å². The number of hydrogen-bond donors (Lipinski definition) is 1. The van der Waals surface area contributed by atoms with Crippen LogP contribution in [0.3, 0.4) is 0 Å². The van der Waals surface area contributed by atoms with E-state index in [9.17, 15) is 0 Å². The van der Waals surface area contributed by atoms with E-state index in [1.807, 2.05) is 18.3 Å². The van der Waals surface area contributed by atoms with Crippen LogP contribution < -0.4 is 0 Å². The molecule has 0 aliphatic carbocycles. The Hall–Kier alpha value is -1.64. The largest absolute Gasteiger partial charge is 0.360 e. The average Bonchev–Trinajstić information content (AvgIpc) is 2.35. The fraction of sp³-hybridized carbons (Fsp3) is 0. The molecule has 1 aromatic rings. The van der Waals surface area contributed by atoms with Crippen molar-refractivity contribution in [2.24, 2.45) is 9.98 Å². The van der Waals surface area contributed by atoms with Crippen molar-refractivity contribution >= 4 is 24.2 Å². The third-order valence-electron chi connectivity index (χ3n) is 1.45. The Kier molecular flexibility index (Phi) is 1.41. The van der Waals surface area contributed by atoms with Gasteiger partial charge in [0.05, 0.1) is 11.4 Å². The molecule has 1 aliphatic rings. The Bertz CT molecular complexity index is 300. The summed E-state index contributed by atoms with van der Waals surface area (Å²) >= 11 is 0. The van der Waals surface area contributed by atoms with E-state index in [0.29, 0.717) is 0 Å². The van der Waals surface area contributed by atoms with Crippen molar-refractivity contribution in [2.75, 3.05) is 0 Å². The van der Waals surface area contributed by atoms with Gasteiger partial charge in [-0.2, -0.15) is 0 Å². The van der Waals surface area contributed by atoms with E-state index < -0.39 is 0 Å². The van der Waals surface area contributed by atoms with Gasteiger partial charge in [-0.15, -0.1) is 0 Å². The first-order valence-corrected chi connectivity index (χ1v) is 3.36. The van der Waals surface area contributed by atoms with Crippen LogP contribution in [-0.2, 0) is 0 Å². The Morgan fingerprint density at radius 1 is 1.27 bits per heavy atom. The van der Waals surface area contributed by atoms with Crippen molar-refractivity contribution in [2.45, 2.75) is 0 Å². The Balaban J connectivity index is 2.52. The molecule has 2 heterocycles. The molecule has 0 spiro atoms. The molecular formula is C8H7N3. The van der Waals surface area contributed by atoms with Crippen LogP contribution in [0.15, 0.2) is 28.4 Å². The Morgan fingerprint density at radius 3 is 3.27 bits per heavy atom. The number of nitrogens with zero attached hydrogens (tertiary/aromatic N) is 2. The highest BCUT2D eigenvalue weighted by molar-refractivity contribution is 6.17. The number of H-pyrrole nitrogens is 1. The number of hydrogen-bond acceptors (Lipinski definition) is 2. The minimum Gasteiger partial charge on any atom is -0.360 e. The summed E-state index contributed by atoms with van der Waals surface area (Å²) < 4.78 is 0. The lowest BCUT2D eigenvalue weighted by atomic mass is 10.3. The van der Waals surface area contributed by atoms with Crippen LogP contribution in [0.5, 0.6) is 0 Å². The first-order valence-electron chi connectivity index (χ1n) is 3.36. The molecule has 0 atom stereocenters. The lowest BCUT2D eigenvalue weighted by Crippen LogP contribution is -1.78. The number of aliphatic imine (C=N–C) groups is 2. The van der Waals surface area contributed by atoms with Gasteiger partial charge in [0.1, 0.15) is 0 Å². The van der Waals surface area contributed by atoms with Crippen molar-refractivity contribution in [3.05, 3.63) is 24.2 Å². The van der Waals surface area contributed by atoms with Gasteiger partial charge in [-0.25, -0.2) is 0 Å². The van der Waals surface area contributed by atoms with Gasteiger partial charge in [0.15, 0.2) is 0 Å². The Labute approximate surface area is 64.2 Å². The lowest BCUT2D eigenvalue weighted by molar-refractivity contribution is 1.36. The van der Waals surface area contributed by atoms with E-state index in [-0.39, 0.29) is 0 Å². The topological polar surface area (TPSA) is 40.5 Å². The predicted octanol–water partition coefficient (Wildman–Crippen LogP) is 1.77. The highest BCUT2D eigenvalue weighted by Crippen LogP contribution is 2.18. The van der Waals surface area contributed by atoms with E-state index in [0.717, 1.165) is 11.4 Å². The van der Waals surface area contributed by atoms with E-state index in [1.54, 1.807) is 18.6 Å². The second kappa shape index (κ2) is 2.54. The van der Waals surface area contributed by atoms with Gasteiger partial charge in [-0.05, 0) is 12.1 Å². The van der Waals surface area contributed by atoms with Crippen LogP contribution in [0, 0.1) is 0 Å². The van der Waals surface area contributed by atoms with Crippen LogP contribution in [0.25, 0.3) is 6.08 Å². The molecule has 0 saturated heterocycles. The number of aromatic amines is 1.